The third-order valence-corrected chi connectivity index (χ3v) is 7.22. The molecule has 2 unspecified atom stereocenters. The molecule has 0 spiro atoms. The molecule has 1 heterocycles. The first kappa shape index (κ1) is 36.5. The fraction of sp³-hybridized carbons (Fsp3) is 0.382. The molecule has 1 aliphatic rings. The van der Waals surface area contributed by atoms with Crippen LogP contribution in [0.5, 0.6) is 11.5 Å². The Morgan fingerprint density at radius 1 is 1.02 bits per heavy atom. The first-order valence-corrected chi connectivity index (χ1v) is 15.6. The highest BCUT2D eigenvalue weighted by molar-refractivity contribution is 5.74. The van der Waals surface area contributed by atoms with Gasteiger partial charge in [0.05, 0.1) is 18.8 Å². The van der Waals surface area contributed by atoms with E-state index in [0.717, 1.165) is 47.1 Å². The fourth-order valence-electron chi connectivity index (χ4n) is 4.70. The molecular weight excluding hydrogens is 604 g/mol. The number of rotatable bonds is 17. The van der Waals surface area contributed by atoms with Crippen LogP contribution in [0.1, 0.15) is 30.9 Å². The summed E-state index contributed by atoms with van der Waals surface area (Å²) in [4.78, 5) is 23.8. The Kier molecular flexibility index (Phi) is 15.1. The van der Waals surface area contributed by atoms with Crippen LogP contribution in [-0.2, 0) is 27.3 Å². The summed E-state index contributed by atoms with van der Waals surface area (Å²) in [6.07, 6.45) is 0.522. The summed E-state index contributed by atoms with van der Waals surface area (Å²) >= 11 is 0. The maximum atomic E-state index is 11.3. The van der Waals surface area contributed by atoms with Gasteiger partial charge in [0.25, 0.3) is 0 Å². The highest BCUT2D eigenvalue weighted by atomic mass is 16.5. The van der Waals surface area contributed by atoms with E-state index in [2.05, 4.69) is 21.6 Å². The number of para-hydroxylation sites is 2. The Bertz CT molecular complexity index is 1400. The van der Waals surface area contributed by atoms with Crippen LogP contribution in [0.3, 0.4) is 0 Å². The molecular formula is C34H46N6O7. The van der Waals surface area contributed by atoms with E-state index in [4.69, 9.17) is 36.2 Å². The van der Waals surface area contributed by atoms with E-state index in [1.54, 1.807) is 6.92 Å². The molecule has 47 heavy (non-hydrogen) atoms. The minimum Gasteiger partial charge on any atom is -0.492 e. The van der Waals surface area contributed by atoms with Crippen LogP contribution in [0.2, 0.25) is 0 Å². The smallest absolute Gasteiger partial charge is 0.333 e. The molecule has 0 radical (unpaired) electrons. The van der Waals surface area contributed by atoms with E-state index in [-0.39, 0.29) is 5.96 Å². The number of aliphatic carboxylic acids is 2. The Balaban J connectivity index is 0.000000426. The summed E-state index contributed by atoms with van der Waals surface area (Å²) in [7, 11) is 0. The zero-order valence-corrected chi connectivity index (χ0v) is 26.7. The second-order valence-corrected chi connectivity index (χ2v) is 10.8. The van der Waals surface area contributed by atoms with Crippen molar-refractivity contribution in [2.24, 2.45) is 11.5 Å². The van der Waals surface area contributed by atoms with Crippen molar-refractivity contribution in [3.05, 3.63) is 83.9 Å². The van der Waals surface area contributed by atoms with Crippen molar-refractivity contribution in [3.63, 3.8) is 0 Å². The van der Waals surface area contributed by atoms with Gasteiger partial charge >= 0.3 is 11.9 Å². The van der Waals surface area contributed by atoms with E-state index in [1.807, 2.05) is 66.7 Å². The van der Waals surface area contributed by atoms with Crippen LogP contribution in [0.4, 0.5) is 11.4 Å². The number of nitrogens with one attached hydrogen (secondary N) is 3. The number of nitrogens with two attached hydrogens (primary N) is 2. The number of guanidine groups is 1. The van der Waals surface area contributed by atoms with E-state index >= 15 is 0 Å². The normalized spacial score (nSPS) is 13.1. The number of carbonyl (C=O) groups is 2. The highest BCUT2D eigenvalue weighted by Gasteiger charge is 2.18. The van der Waals surface area contributed by atoms with Crippen molar-refractivity contribution in [1.82, 2.24) is 5.32 Å². The van der Waals surface area contributed by atoms with Gasteiger partial charge in [-0.3, -0.25) is 10.2 Å². The zero-order chi connectivity index (χ0) is 34.0. The van der Waals surface area contributed by atoms with Gasteiger partial charge in [-0.25, -0.2) is 4.79 Å². The van der Waals surface area contributed by atoms with Crippen molar-refractivity contribution in [2.75, 3.05) is 49.7 Å². The number of hydrogen-bond donors (Lipinski definition) is 7. The quantitative estimate of drug-likeness (QED) is 0.0639. The van der Waals surface area contributed by atoms with Gasteiger partial charge in [0.15, 0.2) is 12.1 Å². The molecule has 4 rings (SSSR count). The van der Waals surface area contributed by atoms with Gasteiger partial charge in [-0.05, 0) is 67.3 Å². The number of carboxylic acids is 2. The maximum absolute atomic E-state index is 11.3. The van der Waals surface area contributed by atoms with Crippen LogP contribution in [0.15, 0.2) is 72.8 Å². The molecule has 13 nitrogen and oxygen atoms in total. The van der Waals surface area contributed by atoms with Crippen molar-refractivity contribution >= 4 is 29.3 Å². The number of carboxylic acid groups (broad SMARTS) is 2. The molecule has 254 valence electrons. The highest BCUT2D eigenvalue weighted by Crippen LogP contribution is 2.30. The predicted molar refractivity (Wildman–Crippen MR) is 181 cm³/mol. The molecule has 0 aromatic heterocycles. The molecule has 0 amide bonds. The standard InChI is InChI=1S/C28H32N2O5.C6H14N4O2/c1-2-33-27(28(31)32)19-21-7-9-22(10-8-21)20-29-23-11-13-24(14-12-23)34-17-15-30-16-18-35-26-6-4-3-5-25(26)30;7-4(5(11)12)2-1-3-10-6(8)9/h3-14,27,29H,2,15-20H2,1H3,(H,31,32);4H,1-3,7H2,(H,11,12)(H4,8,9,10). The van der Waals surface area contributed by atoms with Crippen LogP contribution in [-0.4, -0.2) is 79.7 Å². The minimum atomic E-state index is -1.00. The molecule has 0 aliphatic carbocycles. The molecule has 9 N–H and O–H groups in total. The van der Waals surface area contributed by atoms with Crippen molar-refractivity contribution in [1.29, 1.82) is 5.41 Å². The largest absolute Gasteiger partial charge is 0.492 e. The average molecular weight is 651 g/mol. The molecule has 3 aromatic carbocycles. The lowest BCUT2D eigenvalue weighted by Gasteiger charge is -2.31. The van der Waals surface area contributed by atoms with Gasteiger partial charge in [0.2, 0.25) is 0 Å². The second-order valence-electron chi connectivity index (χ2n) is 10.8. The van der Waals surface area contributed by atoms with Crippen LogP contribution < -0.4 is 36.5 Å². The summed E-state index contributed by atoms with van der Waals surface area (Å²) in [5, 5.41) is 30.4. The summed E-state index contributed by atoms with van der Waals surface area (Å²) in [5.74, 6) is -0.282. The van der Waals surface area contributed by atoms with E-state index in [1.165, 1.54) is 0 Å². The SMILES string of the molecule is CCOC(Cc1ccc(CNc2ccc(OCCN3CCOc4ccccc43)cc2)cc1)C(=O)O.N=C(N)NCCCC(N)C(=O)O. The van der Waals surface area contributed by atoms with Crippen LogP contribution in [0, 0.1) is 5.41 Å². The number of fused-ring (bicyclic) bond motifs is 1. The third kappa shape index (κ3) is 13.1. The number of ether oxygens (including phenoxy) is 3. The number of hydrogen-bond acceptors (Lipinski definition) is 9. The molecule has 1 aliphatic heterocycles. The Hall–Kier alpha value is -5.01. The molecule has 0 saturated heterocycles. The van der Waals surface area contributed by atoms with Gasteiger partial charge in [0.1, 0.15) is 30.8 Å². The van der Waals surface area contributed by atoms with Gasteiger partial charge < -0.3 is 51.4 Å². The van der Waals surface area contributed by atoms with Gasteiger partial charge in [-0.2, -0.15) is 0 Å². The summed E-state index contributed by atoms with van der Waals surface area (Å²) < 4.78 is 17.0. The summed E-state index contributed by atoms with van der Waals surface area (Å²) in [5.41, 5.74) is 14.4. The van der Waals surface area contributed by atoms with Crippen molar-refractivity contribution < 1.29 is 34.0 Å². The van der Waals surface area contributed by atoms with Gasteiger partial charge in [-0.1, -0.05) is 36.4 Å². The lowest BCUT2D eigenvalue weighted by molar-refractivity contribution is -0.150. The lowest BCUT2D eigenvalue weighted by atomic mass is 10.1. The van der Waals surface area contributed by atoms with E-state index in [9.17, 15) is 14.7 Å². The van der Waals surface area contributed by atoms with Gasteiger partial charge in [-0.15, -0.1) is 0 Å². The number of benzene rings is 3. The topological polar surface area (TPSA) is 205 Å². The Morgan fingerprint density at radius 2 is 1.72 bits per heavy atom. The molecule has 3 aromatic rings. The lowest BCUT2D eigenvalue weighted by Crippen LogP contribution is -2.35. The van der Waals surface area contributed by atoms with Crippen molar-refractivity contribution in [3.8, 4) is 11.5 Å². The Labute approximate surface area is 275 Å². The van der Waals surface area contributed by atoms with Crippen LogP contribution in [0.25, 0.3) is 0 Å². The number of anilines is 2. The Morgan fingerprint density at radius 3 is 2.38 bits per heavy atom. The maximum Gasteiger partial charge on any atom is 0.333 e. The molecule has 13 heteroatoms. The second kappa shape index (κ2) is 19.5. The monoisotopic (exact) mass is 650 g/mol. The molecule has 0 saturated carbocycles. The first-order chi connectivity index (χ1) is 22.7. The number of nitrogens with zero attached hydrogens (tertiary/aromatic N) is 1. The average Bonchev–Trinajstić information content (AvgIpc) is 3.07. The molecule has 0 bridgehead atoms. The molecule has 0 fully saturated rings. The summed E-state index contributed by atoms with van der Waals surface area (Å²) in [6, 6.07) is 23.2. The van der Waals surface area contributed by atoms with E-state index < -0.39 is 24.1 Å². The summed E-state index contributed by atoms with van der Waals surface area (Å²) in [6.45, 7) is 6.28. The first-order valence-electron chi connectivity index (χ1n) is 15.6. The fourth-order valence-corrected chi connectivity index (χ4v) is 4.70. The molecule has 2 atom stereocenters. The third-order valence-electron chi connectivity index (χ3n) is 7.22. The van der Waals surface area contributed by atoms with Crippen molar-refractivity contribution in [2.45, 2.75) is 44.9 Å². The minimum absolute atomic E-state index is 0.112. The van der Waals surface area contributed by atoms with Crippen LogP contribution >= 0.6 is 0 Å². The predicted octanol–water partition coefficient (Wildman–Crippen LogP) is 3.27. The zero-order valence-electron chi connectivity index (χ0n) is 26.7. The van der Waals surface area contributed by atoms with E-state index in [0.29, 0.717) is 52.2 Å². The van der Waals surface area contributed by atoms with Gasteiger partial charge in [0, 0.05) is 31.8 Å².